The van der Waals surface area contributed by atoms with Crippen LogP contribution in [0.3, 0.4) is 0 Å². The Morgan fingerprint density at radius 2 is 1.95 bits per heavy atom. The van der Waals surface area contributed by atoms with Gasteiger partial charge in [0.1, 0.15) is 0 Å². The molecule has 5 nitrogen and oxygen atoms in total. The molecule has 0 aromatic carbocycles. The number of methoxy groups -OCH3 is 1. The van der Waals surface area contributed by atoms with E-state index < -0.39 is 0 Å². The van der Waals surface area contributed by atoms with Crippen LogP contribution in [0.15, 0.2) is 0 Å². The Bertz CT molecular complexity index is 344. The SMILES string of the molecule is CCC(C)N1CC(NC(=O)C(C)C)CC(C(=O)OC)C1. The van der Waals surface area contributed by atoms with Crippen LogP contribution in [0, 0.1) is 11.8 Å². The van der Waals surface area contributed by atoms with Gasteiger partial charge in [-0.1, -0.05) is 20.8 Å². The van der Waals surface area contributed by atoms with Crippen molar-refractivity contribution < 1.29 is 14.3 Å². The molecule has 1 rings (SSSR count). The first kappa shape index (κ1) is 17.0. The maximum atomic E-state index is 11.9. The smallest absolute Gasteiger partial charge is 0.310 e. The van der Waals surface area contributed by atoms with Crippen molar-refractivity contribution in [1.82, 2.24) is 10.2 Å². The van der Waals surface area contributed by atoms with E-state index in [1.807, 2.05) is 13.8 Å². The summed E-state index contributed by atoms with van der Waals surface area (Å²) in [4.78, 5) is 26.0. The first-order valence-electron chi connectivity index (χ1n) is 7.51. The molecule has 20 heavy (non-hydrogen) atoms. The van der Waals surface area contributed by atoms with Crippen molar-refractivity contribution >= 4 is 11.9 Å². The highest BCUT2D eigenvalue weighted by molar-refractivity contribution is 5.78. The van der Waals surface area contributed by atoms with E-state index in [4.69, 9.17) is 4.74 Å². The molecule has 0 bridgehead atoms. The zero-order valence-corrected chi connectivity index (χ0v) is 13.3. The van der Waals surface area contributed by atoms with Gasteiger partial charge in [-0.15, -0.1) is 0 Å². The molecule has 3 unspecified atom stereocenters. The van der Waals surface area contributed by atoms with E-state index in [2.05, 4.69) is 24.1 Å². The van der Waals surface area contributed by atoms with Crippen molar-refractivity contribution in [2.75, 3.05) is 20.2 Å². The van der Waals surface area contributed by atoms with Crippen molar-refractivity contribution in [1.29, 1.82) is 0 Å². The largest absolute Gasteiger partial charge is 0.469 e. The number of ether oxygens (including phenoxy) is 1. The number of nitrogens with zero attached hydrogens (tertiary/aromatic N) is 1. The quantitative estimate of drug-likeness (QED) is 0.776. The minimum absolute atomic E-state index is 0.0248. The second kappa shape index (κ2) is 7.62. The Hall–Kier alpha value is -1.10. The molecule has 1 N–H and O–H groups in total. The van der Waals surface area contributed by atoms with Crippen LogP contribution < -0.4 is 5.32 Å². The molecule has 0 spiro atoms. The Kier molecular flexibility index (Phi) is 6.46. The lowest BCUT2D eigenvalue weighted by atomic mass is 9.92. The number of rotatable bonds is 5. The third kappa shape index (κ3) is 4.47. The Balaban J connectivity index is 2.73. The fourth-order valence-electron chi connectivity index (χ4n) is 2.56. The monoisotopic (exact) mass is 284 g/mol. The van der Waals surface area contributed by atoms with E-state index in [9.17, 15) is 9.59 Å². The van der Waals surface area contributed by atoms with Crippen LogP contribution in [0.25, 0.3) is 0 Å². The van der Waals surface area contributed by atoms with E-state index in [0.29, 0.717) is 12.5 Å². The van der Waals surface area contributed by atoms with Gasteiger partial charge in [-0.05, 0) is 19.8 Å². The number of likely N-dealkylation sites (tertiary alicyclic amines) is 1. The van der Waals surface area contributed by atoms with Crippen LogP contribution in [0.4, 0.5) is 0 Å². The second-order valence-electron chi connectivity index (χ2n) is 6.03. The summed E-state index contributed by atoms with van der Waals surface area (Å²) in [6.45, 7) is 9.57. The van der Waals surface area contributed by atoms with Gasteiger partial charge in [-0.3, -0.25) is 14.5 Å². The molecule has 0 radical (unpaired) electrons. The lowest BCUT2D eigenvalue weighted by Gasteiger charge is -2.40. The maximum Gasteiger partial charge on any atom is 0.310 e. The van der Waals surface area contributed by atoms with Gasteiger partial charge < -0.3 is 10.1 Å². The lowest BCUT2D eigenvalue weighted by Crippen LogP contribution is -2.55. The van der Waals surface area contributed by atoms with Gasteiger partial charge in [0, 0.05) is 31.1 Å². The summed E-state index contributed by atoms with van der Waals surface area (Å²) in [5, 5.41) is 3.05. The first-order chi connectivity index (χ1) is 9.38. The predicted molar refractivity (Wildman–Crippen MR) is 78.2 cm³/mol. The van der Waals surface area contributed by atoms with Gasteiger partial charge in [0.25, 0.3) is 0 Å². The van der Waals surface area contributed by atoms with E-state index in [0.717, 1.165) is 19.5 Å². The molecule has 1 fully saturated rings. The number of nitrogens with one attached hydrogen (secondary N) is 1. The van der Waals surface area contributed by atoms with Crippen molar-refractivity contribution in [2.45, 2.75) is 52.6 Å². The lowest BCUT2D eigenvalue weighted by molar-refractivity contribution is -0.148. The zero-order chi connectivity index (χ0) is 15.3. The number of hydrogen-bond donors (Lipinski definition) is 1. The van der Waals surface area contributed by atoms with Crippen LogP contribution in [0.1, 0.15) is 40.5 Å². The van der Waals surface area contributed by atoms with Crippen LogP contribution in [-0.2, 0) is 14.3 Å². The molecule has 1 saturated heterocycles. The first-order valence-corrected chi connectivity index (χ1v) is 7.51. The average Bonchev–Trinajstić information content (AvgIpc) is 2.44. The van der Waals surface area contributed by atoms with E-state index >= 15 is 0 Å². The highest BCUT2D eigenvalue weighted by Gasteiger charge is 2.34. The minimum atomic E-state index is -0.179. The molecule has 5 heteroatoms. The standard InChI is InChI=1S/C15H28N2O3/c1-6-11(4)17-8-12(15(19)20-5)7-13(9-17)16-14(18)10(2)3/h10-13H,6-9H2,1-5H3,(H,16,18). The molecule has 0 aromatic heterocycles. The van der Waals surface area contributed by atoms with Gasteiger partial charge >= 0.3 is 5.97 Å². The molecule has 1 aliphatic heterocycles. The van der Waals surface area contributed by atoms with Crippen molar-refractivity contribution in [3.63, 3.8) is 0 Å². The number of hydrogen-bond acceptors (Lipinski definition) is 4. The fraction of sp³-hybridized carbons (Fsp3) is 0.867. The van der Waals surface area contributed by atoms with Gasteiger partial charge in [-0.2, -0.15) is 0 Å². The third-order valence-electron chi connectivity index (χ3n) is 4.10. The van der Waals surface area contributed by atoms with Gasteiger partial charge in [0.15, 0.2) is 0 Å². The molecule has 3 atom stereocenters. The molecule has 1 heterocycles. The van der Waals surface area contributed by atoms with Crippen molar-refractivity contribution in [3.8, 4) is 0 Å². The summed E-state index contributed by atoms with van der Waals surface area (Å²) in [6, 6.07) is 0.428. The summed E-state index contributed by atoms with van der Waals surface area (Å²) >= 11 is 0. The van der Waals surface area contributed by atoms with Crippen molar-refractivity contribution in [3.05, 3.63) is 0 Å². The normalized spacial score (nSPS) is 25.3. The zero-order valence-electron chi connectivity index (χ0n) is 13.3. The number of carbonyl (C=O) groups excluding carboxylic acids is 2. The molecular formula is C15H28N2O3. The van der Waals surface area contributed by atoms with E-state index in [1.54, 1.807) is 0 Å². The molecule has 0 saturated carbocycles. The van der Waals surface area contributed by atoms with Gasteiger partial charge in [0.05, 0.1) is 13.0 Å². The molecule has 1 amide bonds. The number of esters is 1. The summed E-state index contributed by atoms with van der Waals surface area (Å²) in [6.07, 6.45) is 1.69. The molecule has 0 aliphatic carbocycles. The summed E-state index contributed by atoms with van der Waals surface area (Å²) in [5.41, 5.74) is 0. The number of piperidine rings is 1. The van der Waals surface area contributed by atoms with E-state index in [1.165, 1.54) is 7.11 Å². The average molecular weight is 284 g/mol. The minimum Gasteiger partial charge on any atom is -0.469 e. The fourth-order valence-corrected chi connectivity index (χ4v) is 2.56. The van der Waals surface area contributed by atoms with Gasteiger partial charge in [-0.25, -0.2) is 0 Å². The molecule has 1 aliphatic rings. The van der Waals surface area contributed by atoms with Crippen LogP contribution >= 0.6 is 0 Å². The summed E-state index contributed by atoms with van der Waals surface area (Å²) in [5.74, 6) is -0.322. The third-order valence-corrected chi connectivity index (χ3v) is 4.10. The van der Waals surface area contributed by atoms with Crippen LogP contribution in [-0.4, -0.2) is 49.1 Å². The van der Waals surface area contributed by atoms with Gasteiger partial charge in [0.2, 0.25) is 5.91 Å². The van der Waals surface area contributed by atoms with Crippen LogP contribution in [0.5, 0.6) is 0 Å². The molecular weight excluding hydrogens is 256 g/mol. The van der Waals surface area contributed by atoms with E-state index in [-0.39, 0.29) is 29.8 Å². The highest BCUT2D eigenvalue weighted by atomic mass is 16.5. The number of amides is 1. The van der Waals surface area contributed by atoms with Crippen LogP contribution in [0.2, 0.25) is 0 Å². The van der Waals surface area contributed by atoms with Crippen molar-refractivity contribution in [2.24, 2.45) is 11.8 Å². The topological polar surface area (TPSA) is 58.6 Å². The maximum absolute atomic E-state index is 11.9. The Labute approximate surface area is 122 Å². The highest BCUT2D eigenvalue weighted by Crippen LogP contribution is 2.21. The Morgan fingerprint density at radius 1 is 1.30 bits per heavy atom. The molecule has 116 valence electrons. The summed E-state index contributed by atoms with van der Waals surface area (Å²) in [7, 11) is 1.42. The second-order valence-corrected chi connectivity index (χ2v) is 6.03. The molecule has 0 aromatic rings. The Morgan fingerprint density at radius 3 is 2.45 bits per heavy atom. The number of carbonyl (C=O) groups is 2. The summed E-state index contributed by atoms with van der Waals surface area (Å²) < 4.78 is 4.87. The predicted octanol–water partition coefficient (Wildman–Crippen LogP) is 1.42.